The molecule has 19 heavy (non-hydrogen) atoms. The van der Waals surface area contributed by atoms with Crippen molar-refractivity contribution in [1.29, 1.82) is 0 Å². The summed E-state index contributed by atoms with van der Waals surface area (Å²) in [6, 6.07) is 9.11. The van der Waals surface area contributed by atoms with Gasteiger partial charge in [-0.05, 0) is 24.5 Å². The van der Waals surface area contributed by atoms with E-state index in [2.05, 4.69) is 46.5 Å². The Morgan fingerprint density at radius 2 is 2.16 bits per heavy atom. The van der Waals surface area contributed by atoms with Gasteiger partial charge in [0.2, 0.25) is 0 Å². The SMILES string of the molecule is CC(c1nc(CCl)cs1)N1CCc2ccccc2C1. The largest absolute Gasteiger partial charge is 0.290 e. The number of halogens is 1. The quantitative estimate of drug-likeness (QED) is 0.795. The molecule has 0 aliphatic carbocycles. The summed E-state index contributed by atoms with van der Waals surface area (Å²) < 4.78 is 0. The Balaban J connectivity index is 1.77. The van der Waals surface area contributed by atoms with Crippen LogP contribution in [0.2, 0.25) is 0 Å². The molecule has 3 rings (SSSR count). The highest BCUT2D eigenvalue weighted by Gasteiger charge is 2.23. The Labute approximate surface area is 123 Å². The molecule has 0 bridgehead atoms. The fourth-order valence-corrected chi connectivity index (χ4v) is 3.72. The molecular formula is C15H17ClN2S. The fraction of sp³-hybridized carbons (Fsp3) is 0.400. The van der Waals surface area contributed by atoms with Crippen molar-refractivity contribution >= 4 is 22.9 Å². The molecule has 100 valence electrons. The average Bonchev–Trinajstić information content (AvgIpc) is 2.95. The lowest BCUT2D eigenvalue weighted by Crippen LogP contribution is -2.32. The number of rotatable bonds is 3. The third kappa shape index (κ3) is 2.69. The minimum Gasteiger partial charge on any atom is -0.290 e. The monoisotopic (exact) mass is 292 g/mol. The summed E-state index contributed by atoms with van der Waals surface area (Å²) in [5.74, 6) is 0.506. The van der Waals surface area contributed by atoms with E-state index in [9.17, 15) is 0 Å². The van der Waals surface area contributed by atoms with Crippen LogP contribution in [0.15, 0.2) is 29.6 Å². The third-order valence-corrected chi connectivity index (χ3v) is 5.11. The number of hydrogen-bond donors (Lipinski definition) is 0. The highest BCUT2D eigenvalue weighted by molar-refractivity contribution is 7.09. The molecule has 0 fully saturated rings. The average molecular weight is 293 g/mol. The zero-order valence-corrected chi connectivity index (χ0v) is 12.5. The molecular weight excluding hydrogens is 276 g/mol. The van der Waals surface area contributed by atoms with Crippen LogP contribution in [0.1, 0.15) is 34.8 Å². The minimum atomic E-state index is 0.371. The van der Waals surface area contributed by atoms with Gasteiger partial charge < -0.3 is 0 Å². The van der Waals surface area contributed by atoms with Gasteiger partial charge in [0.25, 0.3) is 0 Å². The van der Waals surface area contributed by atoms with Gasteiger partial charge in [-0.25, -0.2) is 4.98 Å². The van der Waals surface area contributed by atoms with Crippen LogP contribution in [0.4, 0.5) is 0 Å². The Morgan fingerprint density at radius 1 is 1.37 bits per heavy atom. The lowest BCUT2D eigenvalue weighted by atomic mass is 9.99. The number of alkyl halides is 1. The van der Waals surface area contributed by atoms with Crippen molar-refractivity contribution in [3.8, 4) is 0 Å². The van der Waals surface area contributed by atoms with E-state index in [1.54, 1.807) is 11.3 Å². The van der Waals surface area contributed by atoms with Crippen molar-refractivity contribution in [1.82, 2.24) is 9.88 Å². The van der Waals surface area contributed by atoms with Crippen LogP contribution in [0, 0.1) is 0 Å². The molecule has 1 unspecified atom stereocenters. The standard InChI is InChI=1S/C15H17ClN2S/c1-11(15-17-14(8-16)10-19-15)18-7-6-12-4-2-3-5-13(12)9-18/h2-5,10-11H,6-9H2,1H3. The Bertz CT molecular complexity index is 567. The van der Waals surface area contributed by atoms with E-state index in [1.165, 1.54) is 16.1 Å². The van der Waals surface area contributed by atoms with E-state index in [4.69, 9.17) is 11.6 Å². The maximum absolute atomic E-state index is 5.83. The molecule has 4 heteroatoms. The van der Waals surface area contributed by atoms with Crippen molar-refractivity contribution in [2.45, 2.75) is 31.8 Å². The highest BCUT2D eigenvalue weighted by atomic mass is 35.5. The van der Waals surface area contributed by atoms with E-state index < -0.39 is 0 Å². The van der Waals surface area contributed by atoms with Gasteiger partial charge >= 0.3 is 0 Å². The van der Waals surface area contributed by atoms with Crippen LogP contribution in [-0.2, 0) is 18.8 Å². The topological polar surface area (TPSA) is 16.1 Å². The van der Waals surface area contributed by atoms with Crippen molar-refractivity contribution in [2.24, 2.45) is 0 Å². The number of benzene rings is 1. The van der Waals surface area contributed by atoms with Gasteiger partial charge in [-0.2, -0.15) is 0 Å². The van der Waals surface area contributed by atoms with Gasteiger partial charge in [-0.1, -0.05) is 24.3 Å². The summed E-state index contributed by atoms with van der Waals surface area (Å²) in [5.41, 5.74) is 3.94. The van der Waals surface area contributed by atoms with Gasteiger partial charge in [0.15, 0.2) is 0 Å². The summed E-state index contributed by atoms with van der Waals surface area (Å²) in [6.45, 7) is 4.37. The van der Waals surface area contributed by atoms with E-state index >= 15 is 0 Å². The second-order valence-corrected chi connectivity index (χ2v) is 6.13. The molecule has 0 amide bonds. The number of thiazole rings is 1. The minimum absolute atomic E-state index is 0.371. The first kappa shape index (κ1) is 13.1. The van der Waals surface area contributed by atoms with Gasteiger partial charge in [-0.3, -0.25) is 4.90 Å². The van der Waals surface area contributed by atoms with Gasteiger partial charge in [0.05, 0.1) is 17.6 Å². The smallest absolute Gasteiger partial charge is 0.110 e. The first-order chi connectivity index (χ1) is 9.28. The van der Waals surface area contributed by atoms with E-state index in [1.807, 2.05) is 0 Å². The highest BCUT2D eigenvalue weighted by Crippen LogP contribution is 2.29. The van der Waals surface area contributed by atoms with Crippen LogP contribution in [0.5, 0.6) is 0 Å². The van der Waals surface area contributed by atoms with Crippen LogP contribution in [0.3, 0.4) is 0 Å². The molecule has 2 nitrogen and oxygen atoms in total. The van der Waals surface area contributed by atoms with Crippen LogP contribution in [0.25, 0.3) is 0 Å². The zero-order chi connectivity index (χ0) is 13.2. The van der Waals surface area contributed by atoms with E-state index in [0.717, 1.165) is 25.2 Å². The molecule has 1 aromatic heterocycles. The van der Waals surface area contributed by atoms with Gasteiger partial charge in [0, 0.05) is 18.5 Å². The van der Waals surface area contributed by atoms with Crippen LogP contribution in [-0.4, -0.2) is 16.4 Å². The normalized spacial score (nSPS) is 17.2. The second kappa shape index (κ2) is 5.61. The molecule has 1 aliphatic rings. The van der Waals surface area contributed by atoms with E-state index in [0.29, 0.717) is 11.9 Å². The van der Waals surface area contributed by atoms with Crippen LogP contribution >= 0.6 is 22.9 Å². The molecule has 0 spiro atoms. The Hall–Kier alpha value is -0.900. The fourth-order valence-electron chi connectivity index (χ4n) is 2.58. The van der Waals surface area contributed by atoms with Crippen molar-refractivity contribution in [3.05, 3.63) is 51.5 Å². The van der Waals surface area contributed by atoms with Crippen molar-refractivity contribution in [2.75, 3.05) is 6.54 Å². The molecule has 2 aromatic rings. The molecule has 2 heterocycles. The molecule has 0 radical (unpaired) electrons. The summed E-state index contributed by atoms with van der Waals surface area (Å²) in [7, 11) is 0. The lowest BCUT2D eigenvalue weighted by Gasteiger charge is -2.32. The number of nitrogens with zero attached hydrogens (tertiary/aromatic N) is 2. The molecule has 1 aliphatic heterocycles. The van der Waals surface area contributed by atoms with Gasteiger partial charge in [-0.15, -0.1) is 22.9 Å². The van der Waals surface area contributed by atoms with Crippen molar-refractivity contribution in [3.63, 3.8) is 0 Å². The molecule has 1 atom stereocenters. The van der Waals surface area contributed by atoms with Crippen molar-refractivity contribution < 1.29 is 0 Å². The van der Waals surface area contributed by atoms with E-state index in [-0.39, 0.29) is 0 Å². The second-order valence-electron chi connectivity index (χ2n) is 4.98. The molecule has 0 saturated carbocycles. The summed E-state index contributed by atoms with van der Waals surface area (Å²) in [4.78, 5) is 7.10. The predicted octanol–water partition coefficient (Wildman–Crippen LogP) is 4.00. The third-order valence-electron chi connectivity index (χ3n) is 3.77. The van der Waals surface area contributed by atoms with Gasteiger partial charge in [0.1, 0.15) is 5.01 Å². The molecule has 0 saturated heterocycles. The summed E-state index contributed by atoms with van der Waals surface area (Å²) in [5, 5.41) is 3.24. The number of aromatic nitrogens is 1. The summed E-state index contributed by atoms with van der Waals surface area (Å²) >= 11 is 7.55. The Morgan fingerprint density at radius 3 is 2.89 bits per heavy atom. The number of fused-ring (bicyclic) bond motifs is 1. The first-order valence-corrected chi connectivity index (χ1v) is 8.00. The maximum atomic E-state index is 5.83. The molecule has 1 aromatic carbocycles. The predicted molar refractivity (Wildman–Crippen MR) is 80.6 cm³/mol. The lowest BCUT2D eigenvalue weighted by molar-refractivity contribution is 0.192. The first-order valence-electron chi connectivity index (χ1n) is 6.59. The van der Waals surface area contributed by atoms with Crippen LogP contribution < -0.4 is 0 Å². The maximum Gasteiger partial charge on any atom is 0.110 e. The Kier molecular flexibility index (Phi) is 3.87. The zero-order valence-electron chi connectivity index (χ0n) is 11.0. The summed E-state index contributed by atoms with van der Waals surface area (Å²) in [6.07, 6.45) is 1.13. The number of hydrogen-bond acceptors (Lipinski definition) is 3. The molecule has 0 N–H and O–H groups in total.